The van der Waals surface area contributed by atoms with E-state index in [0.717, 1.165) is 37.3 Å². The second-order valence-electron chi connectivity index (χ2n) is 5.09. The molecular formula is C14H24N4. The molecule has 1 saturated heterocycles. The van der Waals surface area contributed by atoms with Crippen molar-refractivity contribution in [2.75, 3.05) is 29.9 Å². The van der Waals surface area contributed by atoms with Crippen LogP contribution >= 0.6 is 0 Å². The highest BCUT2D eigenvalue weighted by molar-refractivity contribution is 5.49. The van der Waals surface area contributed by atoms with Crippen LogP contribution in [0.25, 0.3) is 0 Å². The Bertz CT molecular complexity index is 391. The third kappa shape index (κ3) is 2.92. The molecule has 0 saturated carbocycles. The highest BCUT2D eigenvalue weighted by Crippen LogP contribution is 2.26. The Kier molecular flexibility index (Phi) is 4.39. The number of aryl methyl sites for hydroxylation is 1. The predicted molar refractivity (Wildman–Crippen MR) is 76.2 cm³/mol. The molecule has 2 rings (SSSR count). The molecule has 0 aliphatic carbocycles. The number of nitrogens with zero attached hydrogens (tertiary/aromatic N) is 3. The average Bonchev–Trinajstić information content (AvgIpc) is 2.41. The van der Waals surface area contributed by atoms with Crippen LogP contribution in [0, 0.1) is 12.8 Å². The van der Waals surface area contributed by atoms with Crippen LogP contribution < -0.4 is 10.2 Å². The molecule has 4 heteroatoms. The molecule has 100 valence electrons. The van der Waals surface area contributed by atoms with Crippen molar-refractivity contribution in [1.82, 2.24) is 9.97 Å². The molecule has 1 unspecified atom stereocenters. The summed E-state index contributed by atoms with van der Waals surface area (Å²) in [5.41, 5.74) is 1.17. The lowest BCUT2D eigenvalue weighted by molar-refractivity contribution is 0.402. The number of nitrogens with one attached hydrogen (secondary N) is 1. The minimum absolute atomic E-state index is 0.747. The van der Waals surface area contributed by atoms with Gasteiger partial charge in [0.1, 0.15) is 5.82 Å². The lowest BCUT2D eigenvalue weighted by Gasteiger charge is -2.34. The van der Waals surface area contributed by atoms with Crippen LogP contribution in [0.2, 0.25) is 0 Å². The number of piperidine rings is 1. The zero-order valence-electron chi connectivity index (χ0n) is 11.7. The van der Waals surface area contributed by atoms with Crippen molar-refractivity contribution < 1.29 is 0 Å². The largest absolute Gasteiger partial charge is 0.356 e. The van der Waals surface area contributed by atoms with Crippen molar-refractivity contribution in [1.29, 1.82) is 0 Å². The van der Waals surface area contributed by atoms with E-state index in [1.54, 1.807) is 0 Å². The molecule has 0 radical (unpaired) electrons. The number of rotatable bonds is 4. The molecule has 1 N–H and O–H groups in total. The van der Waals surface area contributed by atoms with Crippen LogP contribution in [0.1, 0.15) is 38.7 Å². The third-order valence-electron chi connectivity index (χ3n) is 3.68. The fourth-order valence-corrected chi connectivity index (χ4v) is 2.59. The molecule has 4 nitrogen and oxygen atoms in total. The van der Waals surface area contributed by atoms with Gasteiger partial charge in [0.05, 0.1) is 0 Å². The summed E-state index contributed by atoms with van der Waals surface area (Å²) >= 11 is 0. The lowest BCUT2D eigenvalue weighted by Crippen LogP contribution is -2.36. The summed E-state index contributed by atoms with van der Waals surface area (Å²) in [7, 11) is 0. The molecule has 1 aliphatic rings. The normalized spacial score (nSPS) is 19.9. The Hall–Kier alpha value is -1.32. The molecule has 0 bridgehead atoms. The monoisotopic (exact) mass is 248 g/mol. The number of anilines is 2. The molecule has 18 heavy (non-hydrogen) atoms. The topological polar surface area (TPSA) is 41.1 Å². The number of hydrogen-bond donors (Lipinski definition) is 1. The molecule has 1 atom stereocenters. The first-order chi connectivity index (χ1) is 8.74. The zero-order chi connectivity index (χ0) is 13.0. The van der Waals surface area contributed by atoms with Gasteiger partial charge in [-0.3, -0.25) is 0 Å². The number of aromatic nitrogens is 2. The Balaban J connectivity index is 2.17. The van der Waals surface area contributed by atoms with Crippen LogP contribution in [-0.2, 0) is 0 Å². The first-order valence-corrected chi connectivity index (χ1v) is 7.07. The van der Waals surface area contributed by atoms with Gasteiger partial charge in [-0.05, 0) is 32.6 Å². The highest BCUT2D eigenvalue weighted by Gasteiger charge is 2.21. The van der Waals surface area contributed by atoms with Crippen molar-refractivity contribution in [2.24, 2.45) is 5.92 Å². The van der Waals surface area contributed by atoms with Crippen molar-refractivity contribution in [3.8, 4) is 0 Å². The second kappa shape index (κ2) is 6.03. The molecule has 1 fully saturated rings. The van der Waals surface area contributed by atoms with Crippen molar-refractivity contribution in [2.45, 2.75) is 40.0 Å². The van der Waals surface area contributed by atoms with E-state index in [2.05, 4.69) is 41.0 Å². The average molecular weight is 248 g/mol. The SMILES string of the molecule is CCNc1ncc(C)c(N2CCCC(CC)C2)n1. The van der Waals surface area contributed by atoms with Gasteiger partial charge in [-0.25, -0.2) is 4.98 Å². The maximum absolute atomic E-state index is 4.66. The van der Waals surface area contributed by atoms with E-state index in [-0.39, 0.29) is 0 Å². The maximum Gasteiger partial charge on any atom is 0.224 e. The smallest absolute Gasteiger partial charge is 0.224 e. The van der Waals surface area contributed by atoms with Gasteiger partial charge in [-0.15, -0.1) is 0 Å². The summed E-state index contributed by atoms with van der Waals surface area (Å²) < 4.78 is 0. The summed E-state index contributed by atoms with van der Waals surface area (Å²) in [4.78, 5) is 11.4. The predicted octanol–water partition coefficient (Wildman–Crippen LogP) is 2.84. The maximum atomic E-state index is 4.66. The molecule has 1 aromatic rings. The van der Waals surface area contributed by atoms with E-state index < -0.39 is 0 Å². The summed E-state index contributed by atoms with van der Waals surface area (Å²) in [5.74, 6) is 2.67. The van der Waals surface area contributed by atoms with Crippen LogP contribution in [0.3, 0.4) is 0 Å². The van der Waals surface area contributed by atoms with Gasteiger partial charge >= 0.3 is 0 Å². The Labute approximate surface area is 110 Å². The fourth-order valence-electron chi connectivity index (χ4n) is 2.59. The molecule has 0 aromatic carbocycles. The number of hydrogen-bond acceptors (Lipinski definition) is 4. The standard InChI is InChI=1S/C14H24N4/c1-4-12-7-6-8-18(10-12)13-11(3)9-16-14(17-13)15-5-2/h9,12H,4-8,10H2,1-3H3,(H,15,16,17). The van der Waals surface area contributed by atoms with Crippen molar-refractivity contribution in [3.05, 3.63) is 11.8 Å². The van der Waals surface area contributed by atoms with Crippen molar-refractivity contribution in [3.63, 3.8) is 0 Å². The van der Waals surface area contributed by atoms with E-state index in [4.69, 9.17) is 0 Å². The highest BCUT2D eigenvalue weighted by atomic mass is 15.2. The van der Waals surface area contributed by atoms with Crippen LogP contribution in [0.15, 0.2) is 6.20 Å². The van der Waals surface area contributed by atoms with E-state index in [0.29, 0.717) is 0 Å². The van der Waals surface area contributed by atoms with Gasteiger partial charge in [0.15, 0.2) is 0 Å². The van der Waals surface area contributed by atoms with E-state index in [1.165, 1.54) is 24.8 Å². The third-order valence-corrected chi connectivity index (χ3v) is 3.68. The van der Waals surface area contributed by atoms with Gasteiger partial charge in [0, 0.05) is 31.4 Å². The summed E-state index contributed by atoms with van der Waals surface area (Å²) in [6.07, 6.45) is 5.83. The van der Waals surface area contributed by atoms with Crippen LogP contribution in [-0.4, -0.2) is 29.6 Å². The fraction of sp³-hybridized carbons (Fsp3) is 0.714. The summed E-state index contributed by atoms with van der Waals surface area (Å²) in [6.45, 7) is 9.57. The van der Waals surface area contributed by atoms with Gasteiger partial charge in [0.25, 0.3) is 0 Å². The minimum Gasteiger partial charge on any atom is -0.356 e. The zero-order valence-corrected chi connectivity index (χ0v) is 11.7. The van der Waals surface area contributed by atoms with Gasteiger partial charge in [-0.2, -0.15) is 4.98 Å². The van der Waals surface area contributed by atoms with Crippen LogP contribution in [0.5, 0.6) is 0 Å². The van der Waals surface area contributed by atoms with Crippen molar-refractivity contribution >= 4 is 11.8 Å². The lowest BCUT2D eigenvalue weighted by atomic mass is 9.95. The second-order valence-corrected chi connectivity index (χ2v) is 5.09. The molecular weight excluding hydrogens is 224 g/mol. The van der Waals surface area contributed by atoms with E-state index >= 15 is 0 Å². The van der Waals surface area contributed by atoms with Gasteiger partial charge in [-0.1, -0.05) is 13.3 Å². The van der Waals surface area contributed by atoms with E-state index in [1.807, 2.05) is 6.20 Å². The molecule has 0 spiro atoms. The van der Waals surface area contributed by atoms with Crippen LogP contribution in [0.4, 0.5) is 11.8 Å². The molecule has 0 amide bonds. The first-order valence-electron chi connectivity index (χ1n) is 7.07. The van der Waals surface area contributed by atoms with Gasteiger partial charge < -0.3 is 10.2 Å². The Morgan fingerprint density at radius 2 is 2.28 bits per heavy atom. The molecule has 1 aliphatic heterocycles. The first kappa shape index (κ1) is 13.1. The Morgan fingerprint density at radius 3 is 3.00 bits per heavy atom. The van der Waals surface area contributed by atoms with E-state index in [9.17, 15) is 0 Å². The summed E-state index contributed by atoms with van der Waals surface area (Å²) in [6, 6.07) is 0. The quantitative estimate of drug-likeness (QED) is 0.889. The molecule has 2 heterocycles. The Morgan fingerprint density at radius 1 is 1.44 bits per heavy atom. The minimum atomic E-state index is 0.747. The molecule has 1 aromatic heterocycles. The summed E-state index contributed by atoms with van der Waals surface area (Å²) in [5, 5.41) is 3.19. The van der Waals surface area contributed by atoms with Gasteiger partial charge in [0.2, 0.25) is 5.95 Å².